The van der Waals surface area contributed by atoms with Crippen molar-refractivity contribution in [2.45, 2.75) is 81.7 Å². The molecule has 1 amide bonds. The monoisotopic (exact) mass is 1030 g/mol. The van der Waals surface area contributed by atoms with Gasteiger partial charge in [0, 0.05) is 91.2 Å². The highest BCUT2D eigenvalue weighted by molar-refractivity contribution is 5.89. The van der Waals surface area contributed by atoms with Crippen LogP contribution >= 0.6 is 0 Å². The molecule has 6 aromatic rings. The van der Waals surface area contributed by atoms with E-state index in [9.17, 15) is 9.59 Å². The molecule has 3 aromatic heterocycles. The number of hydrogen-bond donors (Lipinski definition) is 3. The molecule has 0 unspecified atom stereocenters. The van der Waals surface area contributed by atoms with Crippen LogP contribution < -0.4 is 24.8 Å². The fraction of sp³-hybridized carbons (Fsp3) is 0.306. The Morgan fingerprint density at radius 3 is 1.27 bits per heavy atom. The van der Waals surface area contributed by atoms with Crippen molar-refractivity contribution in [1.82, 2.24) is 30.5 Å². The van der Waals surface area contributed by atoms with Crippen LogP contribution in [0.15, 0.2) is 146 Å². The number of fused-ring (bicyclic) bond motifs is 3. The van der Waals surface area contributed by atoms with E-state index >= 15 is 0 Å². The number of carbonyl (C=O) groups is 2. The Morgan fingerprint density at radius 1 is 0.558 bits per heavy atom. The molecule has 15 heteroatoms. The third-order valence-corrected chi connectivity index (χ3v) is 14.5. The van der Waals surface area contributed by atoms with E-state index in [4.69, 9.17) is 37.2 Å². The average Bonchev–Trinajstić information content (AvgIpc) is 3.46. The van der Waals surface area contributed by atoms with Gasteiger partial charge in [0.1, 0.15) is 57.7 Å². The van der Waals surface area contributed by atoms with E-state index in [1.807, 2.05) is 106 Å². The zero-order chi connectivity index (χ0) is 53.6. The average molecular weight is 1030 g/mol. The number of hydrogen-bond acceptors (Lipinski definition) is 11. The Hall–Kier alpha value is -8.63. The first-order chi connectivity index (χ1) is 37.2. The van der Waals surface area contributed by atoms with E-state index in [0.29, 0.717) is 37.6 Å². The Bertz CT molecular complexity index is 3330. The number of ether oxygens (including phenoxy) is 4. The van der Waals surface area contributed by atoms with Crippen molar-refractivity contribution in [2.75, 3.05) is 39.3 Å². The van der Waals surface area contributed by atoms with Crippen LogP contribution in [0.25, 0.3) is 26.4 Å². The number of carboxylic acid groups (broad SMARTS) is 1. The zero-order valence-corrected chi connectivity index (χ0v) is 43.4. The fourth-order valence-corrected chi connectivity index (χ4v) is 10.6. The number of likely N-dealkylation sites (tertiary alicyclic amines) is 1. The molecule has 0 saturated carbocycles. The number of rotatable bonds is 4. The lowest BCUT2D eigenvalue weighted by Crippen LogP contribution is -2.50. The van der Waals surface area contributed by atoms with Crippen molar-refractivity contribution in [3.05, 3.63) is 208 Å². The summed E-state index contributed by atoms with van der Waals surface area (Å²) in [6.07, 6.45) is 16.6. The van der Waals surface area contributed by atoms with E-state index in [1.54, 1.807) is 41.7 Å². The maximum Gasteiger partial charge on any atom is 0.410 e. The number of pyridine rings is 3. The molecule has 9 heterocycles. The predicted octanol–water partition coefficient (Wildman–Crippen LogP) is 11.5. The minimum atomic E-state index is -1.02. The number of carboxylic acids is 1. The van der Waals surface area contributed by atoms with Crippen LogP contribution in [0.3, 0.4) is 0 Å². The van der Waals surface area contributed by atoms with E-state index in [0.717, 1.165) is 119 Å². The number of benzene rings is 3. The van der Waals surface area contributed by atoms with Gasteiger partial charge in [-0.1, -0.05) is 85.9 Å². The normalized spacial score (nSPS) is 18.0. The van der Waals surface area contributed by atoms with Crippen molar-refractivity contribution >= 4 is 40.4 Å². The van der Waals surface area contributed by atoms with E-state index in [-0.39, 0.29) is 23.0 Å². The van der Waals surface area contributed by atoms with Gasteiger partial charge in [-0.3, -0.25) is 0 Å². The summed E-state index contributed by atoms with van der Waals surface area (Å²) in [6, 6.07) is 34.9. The number of amides is 1. The largest absolute Gasteiger partial charge is 0.482 e. The quantitative estimate of drug-likeness (QED) is 0.143. The van der Waals surface area contributed by atoms with Gasteiger partial charge in [-0.05, 0) is 118 Å². The molecule has 0 bridgehead atoms. The number of carbonyl (C=O) groups excluding carboxylic acids is 1. The Labute approximate surface area is 449 Å². The molecule has 3 saturated heterocycles. The summed E-state index contributed by atoms with van der Waals surface area (Å²) in [5.74, 6) is 2.42. The Balaban J connectivity index is 0.000000132. The molecular formula is C62H60N8O7. The van der Waals surface area contributed by atoms with Crippen LogP contribution in [0.2, 0.25) is 0 Å². The number of aromatic nitrogens is 3. The first kappa shape index (κ1) is 51.8. The van der Waals surface area contributed by atoms with Crippen molar-refractivity contribution in [2.24, 2.45) is 0 Å². The van der Waals surface area contributed by atoms with Crippen LogP contribution in [0, 0.1) is 13.1 Å². The third kappa shape index (κ3) is 11.6. The molecule has 77 heavy (non-hydrogen) atoms. The highest BCUT2D eigenvalue weighted by Crippen LogP contribution is 2.46. The van der Waals surface area contributed by atoms with Crippen molar-refractivity contribution in [3.8, 4) is 17.2 Å². The summed E-state index contributed by atoms with van der Waals surface area (Å²) >= 11 is 0. The second-order valence-electron chi connectivity index (χ2n) is 20.9. The highest BCUT2D eigenvalue weighted by Gasteiger charge is 2.42. The van der Waals surface area contributed by atoms with E-state index in [2.05, 4.69) is 59.6 Å². The Kier molecular flexibility index (Phi) is 14.8. The molecule has 6 aliphatic heterocycles. The molecule has 12 rings (SSSR count). The molecule has 3 fully saturated rings. The highest BCUT2D eigenvalue weighted by atomic mass is 16.6. The zero-order valence-electron chi connectivity index (χ0n) is 43.4. The molecule has 3 aromatic carbocycles. The number of para-hydroxylation sites is 3. The van der Waals surface area contributed by atoms with Gasteiger partial charge < -0.3 is 49.3 Å². The van der Waals surface area contributed by atoms with Crippen molar-refractivity contribution in [3.63, 3.8) is 0 Å². The van der Waals surface area contributed by atoms with Crippen LogP contribution in [0.1, 0.15) is 103 Å². The van der Waals surface area contributed by atoms with Gasteiger partial charge >= 0.3 is 12.1 Å². The molecule has 390 valence electrons. The standard InChI is InChI=1S/C24H25N3O3.C19H17N3O.C19H18N2O3/c1-23(2,3)30-22(28)27-13-11-24(12-14-27)15-19(17-9-10-21(25-4)26-16-17)18-7-5-6-8-20(18)29-24;1-20-18-7-6-14(13-22-18)16-12-19(8-10-21-11-9-19)23-17-5-3-2-4-15(16)17;22-18(23)16-6-5-13(12-21-16)15-11-19(7-9-20-10-8-19)24-17-4-2-1-3-14(15)17/h5-10,15-16H,11-14H2,1-3H3;2-7,12-13,21H,8-11H2;1-6,11-12,20H,7-10H2,(H,22,23). The minimum Gasteiger partial charge on any atom is -0.482 e. The number of aromatic carboxylic acids is 1. The summed E-state index contributed by atoms with van der Waals surface area (Å²) in [5, 5.41) is 15.8. The number of piperidine rings is 3. The molecule has 0 aliphatic carbocycles. The lowest BCUT2D eigenvalue weighted by atomic mass is 9.83. The summed E-state index contributed by atoms with van der Waals surface area (Å²) in [7, 11) is 0. The molecule has 3 spiro atoms. The third-order valence-electron chi connectivity index (χ3n) is 14.5. The molecule has 3 N–H and O–H groups in total. The summed E-state index contributed by atoms with van der Waals surface area (Å²) < 4.78 is 24.7. The second-order valence-corrected chi connectivity index (χ2v) is 20.9. The summed E-state index contributed by atoms with van der Waals surface area (Å²) in [5.41, 5.74) is 7.78. The topological polar surface area (TPSA) is 166 Å². The van der Waals surface area contributed by atoms with Crippen LogP contribution in [-0.4, -0.2) is 98.7 Å². The SMILES string of the molecule is O=C(O)c1ccc(C2=CC3(CCNCC3)Oc3ccccc32)cn1.[C-]#[N+]c1ccc(C2=CC3(CCN(C(=O)OC(C)(C)C)CC3)Oc3ccccc32)cn1.[C-]#[N+]c1ccc(C2=CC3(CCNCC3)Oc3ccccc32)cn1. The predicted molar refractivity (Wildman–Crippen MR) is 294 cm³/mol. The molecular weight excluding hydrogens is 969 g/mol. The van der Waals surface area contributed by atoms with Crippen LogP contribution in [0.5, 0.6) is 17.2 Å². The van der Waals surface area contributed by atoms with Crippen LogP contribution in [0.4, 0.5) is 16.4 Å². The minimum absolute atomic E-state index is 0.0521. The second kappa shape index (κ2) is 21.9. The number of nitrogens with one attached hydrogen (secondary N) is 2. The van der Waals surface area contributed by atoms with Crippen molar-refractivity contribution in [1.29, 1.82) is 0 Å². The molecule has 0 radical (unpaired) electrons. The summed E-state index contributed by atoms with van der Waals surface area (Å²) in [6.45, 7) is 24.7. The van der Waals surface area contributed by atoms with Crippen molar-refractivity contribution < 1.29 is 33.6 Å². The number of nitrogens with zero attached hydrogens (tertiary/aromatic N) is 6. The molecule has 15 nitrogen and oxygen atoms in total. The smallest absolute Gasteiger partial charge is 0.410 e. The van der Waals surface area contributed by atoms with Gasteiger partial charge in [-0.15, -0.1) is 9.97 Å². The van der Waals surface area contributed by atoms with Gasteiger partial charge in [0.25, 0.3) is 11.6 Å². The van der Waals surface area contributed by atoms with Crippen LogP contribution in [-0.2, 0) is 4.74 Å². The van der Waals surface area contributed by atoms with Gasteiger partial charge in [0.05, 0.1) is 0 Å². The molecule has 0 atom stereocenters. The van der Waals surface area contributed by atoms with Gasteiger partial charge in [0.15, 0.2) is 0 Å². The fourth-order valence-electron chi connectivity index (χ4n) is 10.6. The van der Waals surface area contributed by atoms with Gasteiger partial charge in [-0.25, -0.2) is 14.6 Å². The lowest BCUT2D eigenvalue weighted by molar-refractivity contribution is -0.00119. The van der Waals surface area contributed by atoms with E-state index < -0.39 is 17.2 Å². The summed E-state index contributed by atoms with van der Waals surface area (Å²) in [4.78, 5) is 44.5. The maximum atomic E-state index is 12.4. The maximum absolute atomic E-state index is 12.4. The Morgan fingerprint density at radius 2 is 0.935 bits per heavy atom. The molecule has 6 aliphatic rings. The van der Waals surface area contributed by atoms with E-state index in [1.165, 1.54) is 0 Å². The first-order valence-electron chi connectivity index (χ1n) is 26.1. The lowest BCUT2D eigenvalue weighted by Gasteiger charge is -2.43. The van der Waals surface area contributed by atoms with Gasteiger partial charge in [0.2, 0.25) is 0 Å². The first-order valence-corrected chi connectivity index (χ1v) is 26.1. The van der Waals surface area contributed by atoms with Gasteiger partial charge in [-0.2, -0.15) is 0 Å².